The zero-order valence-electron chi connectivity index (χ0n) is 14.9. The van der Waals surface area contributed by atoms with Gasteiger partial charge in [0.05, 0.1) is 6.61 Å². The molecule has 26 heavy (non-hydrogen) atoms. The molecule has 1 aromatic carbocycles. The van der Waals surface area contributed by atoms with Gasteiger partial charge in [-0.1, -0.05) is 26.0 Å². The molecule has 0 aliphatic carbocycles. The standard InChI is InChI=1S/C20H22N4O2/c1-15(2)13-26-18-5-3-4-17(10-18)20(25)23-12-16-6-7-19(22-11-16)24-9-8-21-14-24/h3-11,14-15H,12-13H2,1-2H3,(H,23,25). The minimum atomic E-state index is -0.140. The number of aromatic nitrogens is 3. The van der Waals surface area contributed by atoms with E-state index in [1.165, 1.54) is 0 Å². The van der Waals surface area contributed by atoms with Gasteiger partial charge in [-0.15, -0.1) is 0 Å². The highest BCUT2D eigenvalue weighted by Gasteiger charge is 2.07. The summed E-state index contributed by atoms with van der Waals surface area (Å²) in [4.78, 5) is 20.7. The van der Waals surface area contributed by atoms with Crippen LogP contribution in [0.2, 0.25) is 0 Å². The average Bonchev–Trinajstić information content (AvgIpc) is 3.20. The molecule has 3 aromatic rings. The predicted molar refractivity (Wildman–Crippen MR) is 99.3 cm³/mol. The first-order valence-corrected chi connectivity index (χ1v) is 8.56. The van der Waals surface area contributed by atoms with Crippen LogP contribution >= 0.6 is 0 Å². The maximum Gasteiger partial charge on any atom is 0.251 e. The Balaban J connectivity index is 1.57. The second kappa shape index (κ2) is 8.29. The fourth-order valence-electron chi connectivity index (χ4n) is 2.34. The Kier molecular flexibility index (Phi) is 5.63. The van der Waals surface area contributed by atoms with Crippen molar-refractivity contribution in [3.8, 4) is 11.6 Å². The monoisotopic (exact) mass is 350 g/mol. The van der Waals surface area contributed by atoms with Crippen LogP contribution in [0.15, 0.2) is 61.3 Å². The van der Waals surface area contributed by atoms with Crippen LogP contribution in [0.25, 0.3) is 5.82 Å². The Bertz CT molecular complexity index is 843. The average molecular weight is 350 g/mol. The van der Waals surface area contributed by atoms with E-state index >= 15 is 0 Å². The molecule has 0 bridgehead atoms. The van der Waals surface area contributed by atoms with E-state index in [-0.39, 0.29) is 5.91 Å². The number of hydrogen-bond acceptors (Lipinski definition) is 4. The molecule has 6 heteroatoms. The van der Waals surface area contributed by atoms with Crippen molar-refractivity contribution in [1.29, 1.82) is 0 Å². The lowest BCUT2D eigenvalue weighted by molar-refractivity contribution is 0.0950. The highest BCUT2D eigenvalue weighted by Crippen LogP contribution is 2.14. The number of rotatable bonds is 7. The summed E-state index contributed by atoms with van der Waals surface area (Å²) >= 11 is 0. The first kappa shape index (κ1) is 17.7. The lowest BCUT2D eigenvalue weighted by Gasteiger charge is -2.10. The summed E-state index contributed by atoms with van der Waals surface area (Å²) in [6.07, 6.45) is 6.98. The normalized spacial score (nSPS) is 10.7. The van der Waals surface area contributed by atoms with E-state index in [0.29, 0.717) is 30.4 Å². The SMILES string of the molecule is CC(C)COc1cccc(C(=O)NCc2ccc(-n3ccnc3)nc2)c1. The molecule has 3 rings (SSSR count). The Morgan fingerprint density at radius 1 is 1.27 bits per heavy atom. The molecule has 0 spiro atoms. The molecule has 0 saturated carbocycles. The zero-order valence-corrected chi connectivity index (χ0v) is 14.9. The molecule has 0 aliphatic rings. The molecule has 2 heterocycles. The predicted octanol–water partition coefficient (Wildman–Crippen LogP) is 3.23. The smallest absolute Gasteiger partial charge is 0.251 e. The Morgan fingerprint density at radius 3 is 2.85 bits per heavy atom. The van der Waals surface area contributed by atoms with Gasteiger partial charge in [-0.2, -0.15) is 0 Å². The van der Waals surface area contributed by atoms with E-state index in [1.54, 1.807) is 30.9 Å². The zero-order chi connectivity index (χ0) is 18.4. The van der Waals surface area contributed by atoms with Gasteiger partial charge < -0.3 is 10.1 Å². The topological polar surface area (TPSA) is 69.0 Å². The summed E-state index contributed by atoms with van der Waals surface area (Å²) in [5.74, 6) is 1.79. The number of ether oxygens (including phenoxy) is 1. The van der Waals surface area contributed by atoms with Crippen molar-refractivity contribution in [3.05, 3.63) is 72.4 Å². The molecule has 2 aromatic heterocycles. The van der Waals surface area contributed by atoms with Crippen LogP contribution in [-0.2, 0) is 6.54 Å². The van der Waals surface area contributed by atoms with Gasteiger partial charge in [-0.25, -0.2) is 9.97 Å². The molecular weight excluding hydrogens is 328 g/mol. The molecule has 134 valence electrons. The summed E-state index contributed by atoms with van der Waals surface area (Å²) < 4.78 is 7.50. The van der Waals surface area contributed by atoms with Gasteiger partial charge in [0.25, 0.3) is 5.91 Å². The molecule has 0 atom stereocenters. The number of carbonyl (C=O) groups is 1. The van der Waals surface area contributed by atoms with Crippen molar-refractivity contribution in [3.63, 3.8) is 0 Å². The van der Waals surface area contributed by atoms with Crippen LogP contribution in [0, 0.1) is 5.92 Å². The van der Waals surface area contributed by atoms with Crippen molar-refractivity contribution in [1.82, 2.24) is 19.9 Å². The van der Waals surface area contributed by atoms with E-state index in [0.717, 1.165) is 11.4 Å². The van der Waals surface area contributed by atoms with Crippen LogP contribution in [0.5, 0.6) is 5.75 Å². The molecule has 1 amide bonds. The molecule has 0 unspecified atom stereocenters. The quantitative estimate of drug-likeness (QED) is 0.710. The highest BCUT2D eigenvalue weighted by atomic mass is 16.5. The van der Waals surface area contributed by atoms with Gasteiger partial charge in [-0.3, -0.25) is 9.36 Å². The molecule has 0 radical (unpaired) electrons. The third-order valence-corrected chi connectivity index (χ3v) is 3.71. The van der Waals surface area contributed by atoms with Crippen LogP contribution in [-0.4, -0.2) is 27.0 Å². The first-order valence-electron chi connectivity index (χ1n) is 8.56. The second-order valence-electron chi connectivity index (χ2n) is 6.41. The number of carbonyl (C=O) groups excluding carboxylic acids is 1. The molecular formula is C20H22N4O2. The first-order chi connectivity index (χ1) is 12.6. The van der Waals surface area contributed by atoms with Crippen LogP contribution < -0.4 is 10.1 Å². The van der Waals surface area contributed by atoms with Crippen molar-refractivity contribution < 1.29 is 9.53 Å². The molecule has 0 fully saturated rings. The summed E-state index contributed by atoms with van der Waals surface area (Å²) in [7, 11) is 0. The fourth-order valence-corrected chi connectivity index (χ4v) is 2.34. The van der Waals surface area contributed by atoms with Gasteiger partial charge in [0.2, 0.25) is 0 Å². The minimum absolute atomic E-state index is 0.140. The largest absolute Gasteiger partial charge is 0.493 e. The Hall–Kier alpha value is -3.15. The van der Waals surface area contributed by atoms with E-state index in [4.69, 9.17) is 4.74 Å². The van der Waals surface area contributed by atoms with E-state index in [1.807, 2.05) is 35.0 Å². The van der Waals surface area contributed by atoms with Crippen molar-refractivity contribution >= 4 is 5.91 Å². The third-order valence-electron chi connectivity index (χ3n) is 3.71. The maximum atomic E-state index is 12.4. The number of benzene rings is 1. The number of nitrogens with zero attached hydrogens (tertiary/aromatic N) is 3. The van der Waals surface area contributed by atoms with E-state index in [2.05, 4.69) is 29.1 Å². The number of amides is 1. The lowest BCUT2D eigenvalue weighted by atomic mass is 10.2. The molecule has 0 saturated heterocycles. The maximum absolute atomic E-state index is 12.4. The van der Waals surface area contributed by atoms with Crippen LogP contribution in [0.4, 0.5) is 0 Å². The number of nitrogens with one attached hydrogen (secondary N) is 1. The third kappa shape index (κ3) is 4.69. The van der Waals surface area contributed by atoms with Crippen molar-refractivity contribution in [2.45, 2.75) is 20.4 Å². The fraction of sp³-hybridized carbons (Fsp3) is 0.250. The van der Waals surface area contributed by atoms with Gasteiger partial charge in [0.15, 0.2) is 0 Å². The van der Waals surface area contributed by atoms with Gasteiger partial charge in [0, 0.05) is 30.7 Å². The number of imidazole rings is 1. The highest BCUT2D eigenvalue weighted by molar-refractivity contribution is 5.94. The number of pyridine rings is 1. The second-order valence-corrected chi connectivity index (χ2v) is 6.41. The minimum Gasteiger partial charge on any atom is -0.493 e. The lowest BCUT2D eigenvalue weighted by Crippen LogP contribution is -2.23. The molecule has 0 aliphatic heterocycles. The van der Waals surface area contributed by atoms with Crippen molar-refractivity contribution in [2.24, 2.45) is 5.92 Å². The van der Waals surface area contributed by atoms with Gasteiger partial charge in [0.1, 0.15) is 17.9 Å². The van der Waals surface area contributed by atoms with Crippen LogP contribution in [0.1, 0.15) is 29.8 Å². The van der Waals surface area contributed by atoms with E-state index in [9.17, 15) is 4.79 Å². The summed E-state index contributed by atoms with van der Waals surface area (Å²) in [6, 6.07) is 11.0. The van der Waals surface area contributed by atoms with E-state index < -0.39 is 0 Å². The molecule has 6 nitrogen and oxygen atoms in total. The van der Waals surface area contributed by atoms with Crippen LogP contribution in [0.3, 0.4) is 0 Å². The number of hydrogen-bond donors (Lipinski definition) is 1. The summed E-state index contributed by atoms with van der Waals surface area (Å²) in [6.45, 7) is 5.21. The van der Waals surface area contributed by atoms with Crippen molar-refractivity contribution in [2.75, 3.05) is 6.61 Å². The Labute approximate surface area is 152 Å². The summed E-state index contributed by atoms with van der Waals surface area (Å²) in [5, 5.41) is 2.91. The van der Waals surface area contributed by atoms with Gasteiger partial charge in [-0.05, 0) is 35.7 Å². The summed E-state index contributed by atoms with van der Waals surface area (Å²) in [5.41, 5.74) is 1.50. The molecule has 1 N–H and O–H groups in total. The van der Waals surface area contributed by atoms with Gasteiger partial charge >= 0.3 is 0 Å². The Morgan fingerprint density at radius 2 is 2.15 bits per heavy atom.